The molecular weight excluding hydrogens is 393 g/mol. The molecule has 0 bridgehead atoms. The van der Waals surface area contributed by atoms with Crippen molar-refractivity contribution in [3.63, 3.8) is 0 Å². The van der Waals surface area contributed by atoms with Gasteiger partial charge in [-0.05, 0) is 29.8 Å². The van der Waals surface area contributed by atoms with Gasteiger partial charge in [0.05, 0.1) is 18.4 Å². The molecule has 2 heterocycles. The Hall–Kier alpha value is -2.13. The van der Waals surface area contributed by atoms with Gasteiger partial charge < -0.3 is 9.52 Å². The van der Waals surface area contributed by atoms with Gasteiger partial charge in [-0.25, -0.2) is 0 Å². The van der Waals surface area contributed by atoms with Crippen LogP contribution >= 0.6 is 15.9 Å². The summed E-state index contributed by atoms with van der Waals surface area (Å²) in [5.74, 6) is -1.52. The summed E-state index contributed by atoms with van der Waals surface area (Å²) in [5.41, 5.74) is -3.11. The first-order valence-electron chi connectivity index (χ1n) is 6.73. The number of furan rings is 1. The number of halogens is 4. The predicted molar refractivity (Wildman–Crippen MR) is 81.2 cm³/mol. The van der Waals surface area contributed by atoms with E-state index in [4.69, 9.17) is 4.42 Å². The molecule has 24 heavy (non-hydrogen) atoms. The van der Waals surface area contributed by atoms with Crippen LogP contribution in [-0.4, -0.2) is 33.6 Å². The normalized spacial score (nSPS) is 21.0. The summed E-state index contributed by atoms with van der Waals surface area (Å²) in [4.78, 5) is 12.3. The highest BCUT2D eigenvalue weighted by Gasteiger charge is 2.63. The lowest BCUT2D eigenvalue weighted by molar-refractivity contribution is -0.297. The van der Waals surface area contributed by atoms with Crippen LogP contribution in [0, 0.1) is 0 Å². The zero-order valence-electron chi connectivity index (χ0n) is 11.9. The van der Waals surface area contributed by atoms with E-state index in [-0.39, 0.29) is 16.5 Å². The molecule has 3 rings (SSSR count). The van der Waals surface area contributed by atoms with Crippen molar-refractivity contribution < 1.29 is 27.5 Å². The minimum absolute atomic E-state index is 0.0310. The molecule has 1 N–H and O–H groups in total. The van der Waals surface area contributed by atoms with E-state index in [1.807, 2.05) is 0 Å². The fraction of sp³-hybridized carbons (Fsp3) is 0.200. The molecule has 9 heteroatoms. The van der Waals surface area contributed by atoms with E-state index in [1.54, 1.807) is 24.3 Å². The fourth-order valence-corrected chi connectivity index (χ4v) is 2.55. The molecule has 1 aliphatic heterocycles. The largest absolute Gasteiger partial charge is 0.459 e. The molecule has 126 valence electrons. The molecule has 1 aliphatic rings. The van der Waals surface area contributed by atoms with Crippen molar-refractivity contribution >= 4 is 27.5 Å². The summed E-state index contributed by atoms with van der Waals surface area (Å²) in [5, 5.41) is 13.9. The second-order valence-corrected chi connectivity index (χ2v) is 6.05. The standard InChI is InChI=1S/C15H10BrF3N2O3/c16-10-5-3-9(4-6-10)11-8-14(23,15(17,18)19)21(20-11)13(22)12-2-1-7-24-12/h1-7,23H,8H2/t14-/m0/s1. The summed E-state index contributed by atoms with van der Waals surface area (Å²) in [6.07, 6.45) is -4.81. The van der Waals surface area contributed by atoms with Crippen LogP contribution in [0.3, 0.4) is 0 Å². The fourth-order valence-electron chi connectivity index (χ4n) is 2.29. The second kappa shape index (κ2) is 5.75. The van der Waals surface area contributed by atoms with Gasteiger partial charge in [0.2, 0.25) is 0 Å². The highest BCUT2D eigenvalue weighted by Crippen LogP contribution is 2.42. The monoisotopic (exact) mass is 402 g/mol. The SMILES string of the molecule is O=C(c1ccco1)N1N=C(c2ccc(Br)cc2)C[C@]1(O)C(F)(F)F. The van der Waals surface area contributed by atoms with Crippen LogP contribution in [0.4, 0.5) is 13.2 Å². The van der Waals surface area contributed by atoms with E-state index < -0.39 is 24.2 Å². The maximum absolute atomic E-state index is 13.4. The van der Waals surface area contributed by atoms with Gasteiger partial charge in [0.1, 0.15) is 0 Å². The quantitative estimate of drug-likeness (QED) is 0.835. The Labute approximate surface area is 142 Å². The van der Waals surface area contributed by atoms with Crippen LogP contribution in [0.2, 0.25) is 0 Å². The number of alkyl halides is 3. The molecule has 1 aromatic heterocycles. The molecule has 1 aromatic carbocycles. The Bertz CT molecular complexity index is 787. The molecule has 1 amide bonds. The van der Waals surface area contributed by atoms with Crippen molar-refractivity contribution in [2.24, 2.45) is 5.10 Å². The van der Waals surface area contributed by atoms with E-state index in [0.717, 1.165) is 10.7 Å². The van der Waals surface area contributed by atoms with Crippen LogP contribution in [0.15, 0.2) is 56.7 Å². The van der Waals surface area contributed by atoms with Gasteiger partial charge >= 0.3 is 12.1 Å². The molecule has 0 saturated carbocycles. The first-order chi connectivity index (χ1) is 11.2. The van der Waals surface area contributed by atoms with Crippen molar-refractivity contribution in [1.82, 2.24) is 5.01 Å². The molecule has 2 aromatic rings. The first kappa shape index (κ1) is 16.7. The summed E-state index contributed by atoms with van der Waals surface area (Å²) in [6, 6.07) is 8.89. The minimum atomic E-state index is -5.09. The number of carbonyl (C=O) groups is 1. The predicted octanol–water partition coefficient (Wildman–Crippen LogP) is 3.54. The number of benzene rings is 1. The van der Waals surface area contributed by atoms with Crippen molar-refractivity contribution in [2.45, 2.75) is 18.3 Å². The smallest absolute Gasteiger partial charge is 0.438 e. The number of hydrogen-bond acceptors (Lipinski definition) is 4. The van der Waals surface area contributed by atoms with Crippen LogP contribution in [0.5, 0.6) is 0 Å². The van der Waals surface area contributed by atoms with Crippen molar-refractivity contribution in [2.75, 3.05) is 0 Å². The number of hydrazone groups is 1. The third-order valence-electron chi connectivity index (χ3n) is 3.54. The molecule has 0 aliphatic carbocycles. The molecule has 0 spiro atoms. The van der Waals surface area contributed by atoms with Gasteiger partial charge in [0, 0.05) is 4.47 Å². The number of carbonyl (C=O) groups excluding carboxylic acids is 1. The Balaban J connectivity index is 2.03. The third-order valence-corrected chi connectivity index (χ3v) is 4.07. The molecule has 0 unspecified atom stereocenters. The van der Waals surface area contributed by atoms with E-state index in [0.29, 0.717) is 5.56 Å². The molecule has 5 nitrogen and oxygen atoms in total. The van der Waals surface area contributed by atoms with E-state index in [9.17, 15) is 23.1 Å². The maximum atomic E-state index is 13.4. The van der Waals surface area contributed by atoms with Gasteiger partial charge in [0.25, 0.3) is 5.72 Å². The lowest BCUT2D eigenvalue weighted by Gasteiger charge is -2.31. The molecule has 0 radical (unpaired) electrons. The summed E-state index contributed by atoms with van der Waals surface area (Å²) >= 11 is 3.22. The average molecular weight is 403 g/mol. The third kappa shape index (κ3) is 2.73. The van der Waals surface area contributed by atoms with Crippen molar-refractivity contribution in [3.05, 3.63) is 58.5 Å². The van der Waals surface area contributed by atoms with Gasteiger partial charge in [-0.15, -0.1) is 0 Å². The Morgan fingerprint density at radius 1 is 1.29 bits per heavy atom. The average Bonchev–Trinajstić information content (AvgIpc) is 3.15. The number of aliphatic hydroxyl groups is 1. The van der Waals surface area contributed by atoms with Crippen molar-refractivity contribution in [3.8, 4) is 0 Å². The number of nitrogens with zero attached hydrogens (tertiary/aromatic N) is 2. The maximum Gasteiger partial charge on any atom is 0.438 e. The zero-order valence-corrected chi connectivity index (χ0v) is 13.5. The summed E-state index contributed by atoms with van der Waals surface area (Å²) < 4.78 is 45.7. The van der Waals surface area contributed by atoms with Crippen molar-refractivity contribution in [1.29, 1.82) is 0 Å². The molecular formula is C15H10BrF3N2O3. The summed E-state index contributed by atoms with van der Waals surface area (Å²) in [7, 11) is 0. The van der Waals surface area contributed by atoms with Crippen LogP contribution in [0.25, 0.3) is 0 Å². The number of amides is 1. The lowest BCUT2D eigenvalue weighted by Crippen LogP contribution is -2.56. The first-order valence-corrected chi connectivity index (χ1v) is 7.52. The van der Waals surface area contributed by atoms with E-state index in [2.05, 4.69) is 21.0 Å². The Morgan fingerprint density at radius 2 is 1.96 bits per heavy atom. The van der Waals surface area contributed by atoms with Gasteiger partial charge in [-0.3, -0.25) is 4.79 Å². The lowest BCUT2D eigenvalue weighted by atomic mass is 10.0. The van der Waals surface area contributed by atoms with Crippen LogP contribution < -0.4 is 0 Å². The Kier molecular flexibility index (Phi) is 4.00. The van der Waals surface area contributed by atoms with E-state index in [1.165, 1.54) is 12.1 Å². The van der Waals surface area contributed by atoms with Crippen LogP contribution in [0.1, 0.15) is 22.5 Å². The number of hydrogen-bond donors (Lipinski definition) is 1. The molecule has 1 atom stereocenters. The van der Waals surface area contributed by atoms with Gasteiger partial charge in [0.15, 0.2) is 5.76 Å². The summed E-state index contributed by atoms with van der Waals surface area (Å²) in [6.45, 7) is 0. The van der Waals surface area contributed by atoms with Crippen LogP contribution in [-0.2, 0) is 0 Å². The second-order valence-electron chi connectivity index (χ2n) is 5.14. The topological polar surface area (TPSA) is 66.0 Å². The highest BCUT2D eigenvalue weighted by molar-refractivity contribution is 9.10. The van der Waals surface area contributed by atoms with Gasteiger partial charge in [-0.1, -0.05) is 28.1 Å². The minimum Gasteiger partial charge on any atom is -0.459 e. The zero-order chi connectivity index (χ0) is 17.5. The Morgan fingerprint density at radius 3 is 2.50 bits per heavy atom. The van der Waals surface area contributed by atoms with E-state index >= 15 is 0 Å². The van der Waals surface area contributed by atoms with Gasteiger partial charge in [-0.2, -0.15) is 23.3 Å². The molecule has 0 saturated heterocycles. The molecule has 0 fully saturated rings. The number of rotatable bonds is 2. The highest BCUT2D eigenvalue weighted by atomic mass is 79.9.